The smallest absolute Gasteiger partial charge is 0.436 e. The molecule has 5 aromatic rings. The van der Waals surface area contributed by atoms with E-state index in [2.05, 4.69) is 52.0 Å². The second-order valence-electron chi connectivity index (χ2n) is 9.08. The van der Waals surface area contributed by atoms with Crippen molar-refractivity contribution in [2.45, 2.75) is 38.9 Å². The zero-order valence-electron chi connectivity index (χ0n) is 17.9. The lowest BCUT2D eigenvalue weighted by molar-refractivity contribution is 0.00578. The zero-order valence-corrected chi connectivity index (χ0v) is 18.7. The van der Waals surface area contributed by atoms with Gasteiger partial charge in [0.2, 0.25) is 5.89 Å². The van der Waals surface area contributed by atoms with Crippen LogP contribution in [0.25, 0.3) is 42.7 Å². The Balaban J connectivity index is 1.56. The van der Waals surface area contributed by atoms with Crippen molar-refractivity contribution >= 4 is 55.2 Å². The molecule has 0 radical (unpaired) electrons. The van der Waals surface area contributed by atoms with E-state index in [9.17, 15) is 0 Å². The molecule has 0 atom stereocenters. The van der Waals surface area contributed by atoms with Crippen molar-refractivity contribution in [1.29, 1.82) is 0 Å². The number of fused-ring (bicyclic) bond motifs is 5. The van der Waals surface area contributed by atoms with Gasteiger partial charge in [0.15, 0.2) is 5.58 Å². The Bertz CT molecular complexity index is 1440. The van der Waals surface area contributed by atoms with Crippen molar-refractivity contribution in [2.24, 2.45) is 0 Å². The summed E-state index contributed by atoms with van der Waals surface area (Å²) in [7, 11) is -0.394. The molecule has 6 heteroatoms. The van der Waals surface area contributed by atoms with E-state index in [1.165, 1.54) is 9.40 Å². The number of oxazole rings is 1. The van der Waals surface area contributed by atoms with Gasteiger partial charge in [-0.2, -0.15) is 0 Å². The van der Waals surface area contributed by atoms with Crippen molar-refractivity contribution in [2.75, 3.05) is 0 Å². The van der Waals surface area contributed by atoms with Gasteiger partial charge in [-0.15, -0.1) is 11.3 Å². The van der Waals surface area contributed by atoms with E-state index in [1.54, 1.807) is 11.3 Å². The molecule has 1 saturated heterocycles. The second kappa shape index (κ2) is 6.42. The van der Waals surface area contributed by atoms with E-state index < -0.39 is 7.12 Å². The Hall–Kier alpha value is -2.67. The van der Waals surface area contributed by atoms with Gasteiger partial charge in [0.1, 0.15) is 5.52 Å². The lowest BCUT2D eigenvalue weighted by atomic mass is 9.78. The molecule has 0 saturated carbocycles. The van der Waals surface area contributed by atoms with Crippen LogP contribution >= 0.6 is 11.3 Å². The molecule has 0 bridgehead atoms. The van der Waals surface area contributed by atoms with Crippen LogP contribution in [0.5, 0.6) is 0 Å². The summed E-state index contributed by atoms with van der Waals surface area (Å²) < 4.78 is 21.2. The lowest BCUT2D eigenvalue weighted by Gasteiger charge is -2.32. The monoisotopic (exact) mass is 427 g/mol. The largest absolute Gasteiger partial charge is 0.496 e. The molecule has 1 aliphatic heterocycles. The molecule has 31 heavy (non-hydrogen) atoms. The number of nitrogens with zero attached hydrogens (tertiary/aromatic N) is 1. The molecule has 1 fully saturated rings. The van der Waals surface area contributed by atoms with E-state index in [1.807, 2.05) is 36.4 Å². The van der Waals surface area contributed by atoms with Crippen LogP contribution in [0.2, 0.25) is 0 Å². The Kier molecular flexibility index (Phi) is 3.95. The van der Waals surface area contributed by atoms with Crippen molar-refractivity contribution in [3.05, 3.63) is 60.7 Å². The first kappa shape index (κ1) is 19.1. The third-order valence-electron chi connectivity index (χ3n) is 6.58. The Labute approximate surface area is 184 Å². The Morgan fingerprint density at radius 2 is 1.58 bits per heavy atom. The molecule has 1 aliphatic rings. The molecule has 0 N–H and O–H groups in total. The van der Waals surface area contributed by atoms with Gasteiger partial charge in [-0.25, -0.2) is 4.98 Å². The van der Waals surface area contributed by atoms with Crippen LogP contribution in [0, 0.1) is 0 Å². The first-order valence-electron chi connectivity index (χ1n) is 10.5. The quantitative estimate of drug-likeness (QED) is 0.317. The van der Waals surface area contributed by atoms with Crippen molar-refractivity contribution < 1.29 is 13.7 Å². The van der Waals surface area contributed by atoms with Crippen molar-refractivity contribution in [3.8, 4) is 11.5 Å². The minimum atomic E-state index is -0.394. The summed E-state index contributed by atoms with van der Waals surface area (Å²) in [6, 6.07) is 20.5. The summed E-state index contributed by atoms with van der Waals surface area (Å²) in [5, 5.41) is 2.28. The molecule has 2 aromatic heterocycles. The maximum absolute atomic E-state index is 6.35. The Morgan fingerprint density at radius 3 is 2.32 bits per heavy atom. The molecule has 4 nitrogen and oxygen atoms in total. The van der Waals surface area contributed by atoms with E-state index in [4.69, 9.17) is 18.7 Å². The van der Waals surface area contributed by atoms with E-state index >= 15 is 0 Å². The third kappa shape index (κ3) is 2.79. The fraction of sp³-hybridized carbons (Fsp3) is 0.240. The first-order valence-corrected chi connectivity index (χ1v) is 11.3. The number of hydrogen-bond donors (Lipinski definition) is 0. The molecule has 0 unspecified atom stereocenters. The van der Waals surface area contributed by atoms with E-state index in [0.717, 1.165) is 32.9 Å². The predicted molar refractivity (Wildman–Crippen MR) is 128 cm³/mol. The van der Waals surface area contributed by atoms with Crippen LogP contribution in [0.15, 0.2) is 65.1 Å². The molecule has 6 rings (SSSR count). The highest BCUT2D eigenvalue weighted by molar-refractivity contribution is 7.27. The minimum absolute atomic E-state index is 0.375. The summed E-state index contributed by atoms with van der Waals surface area (Å²) in [5.74, 6) is 0.643. The number of thiophene rings is 1. The fourth-order valence-electron chi connectivity index (χ4n) is 4.16. The van der Waals surface area contributed by atoms with E-state index in [0.29, 0.717) is 5.89 Å². The molecular formula is C25H22BNO3S. The SMILES string of the molecule is CC1(C)OB(c2cccc3c2sc2ccc4oc(-c5ccccc5)nc4c23)OC1(C)C. The van der Waals surface area contributed by atoms with Gasteiger partial charge in [0, 0.05) is 31.2 Å². The highest BCUT2D eigenvalue weighted by Gasteiger charge is 2.52. The van der Waals surface area contributed by atoms with Gasteiger partial charge >= 0.3 is 7.12 Å². The van der Waals surface area contributed by atoms with Crippen molar-refractivity contribution in [3.63, 3.8) is 0 Å². The summed E-state index contributed by atoms with van der Waals surface area (Å²) in [6.07, 6.45) is 0. The molecule has 3 aromatic carbocycles. The second-order valence-corrected chi connectivity index (χ2v) is 10.1. The van der Waals surface area contributed by atoms with Crippen LogP contribution < -0.4 is 5.46 Å². The van der Waals surface area contributed by atoms with Gasteiger partial charge in [0.05, 0.1) is 11.2 Å². The number of benzene rings is 3. The van der Waals surface area contributed by atoms with Gasteiger partial charge in [-0.05, 0) is 52.0 Å². The molecular weight excluding hydrogens is 405 g/mol. The van der Waals surface area contributed by atoms with Crippen LogP contribution in [0.3, 0.4) is 0 Å². The normalized spacial score (nSPS) is 17.9. The standard InChI is InChI=1S/C25H22BNO3S/c1-24(2)25(3,4)30-26(29-24)17-12-8-11-16-20-19(31-22(16)17)14-13-18-21(20)27-23(28-18)15-9-6-5-7-10-15/h5-14H,1-4H3. The average molecular weight is 427 g/mol. The summed E-state index contributed by atoms with van der Waals surface area (Å²) in [4.78, 5) is 4.88. The van der Waals surface area contributed by atoms with Gasteiger partial charge in [-0.1, -0.05) is 36.4 Å². The zero-order chi connectivity index (χ0) is 21.4. The maximum atomic E-state index is 6.35. The first-order chi connectivity index (χ1) is 14.8. The van der Waals surface area contributed by atoms with Crippen molar-refractivity contribution in [1.82, 2.24) is 4.98 Å². The van der Waals surface area contributed by atoms with Crippen LogP contribution in [0.1, 0.15) is 27.7 Å². The highest BCUT2D eigenvalue weighted by atomic mass is 32.1. The third-order valence-corrected chi connectivity index (χ3v) is 7.80. The van der Waals surface area contributed by atoms with E-state index in [-0.39, 0.29) is 11.2 Å². The maximum Gasteiger partial charge on any atom is 0.496 e. The number of rotatable bonds is 2. The summed E-state index contributed by atoms with van der Waals surface area (Å²) >= 11 is 1.75. The number of aromatic nitrogens is 1. The molecule has 154 valence electrons. The molecule has 0 aliphatic carbocycles. The minimum Gasteiger partial charge on any atom is -0.436 e. The molecule has 0 amide bonds. The predicted octanol–water partition coefficient (Wildman–Crippen LogP) is 6.16. The summed E-state index contributed by atoms with van der Waals surface area (Å²) in [6.45, 7) is 8.34. The number of hydrogen-bond acceptors (Lipinski definition) is 5. The molecule has 3 heterocycles. The van der Waals surface area contributed by atoms with Crippen LogP contribution in [-0.4, -0.2) is 23.3 Å². The fourth-order valence-corrected chi connectivity index (χ4v) is 5.38. The van der Waals surface area contributed by atoms with Crippen LogP contribution in [0.4, 0.5) is 0 Å². The van der Waals surface area contributed by atoms with Crippen LogP contribution in [-0.2, 0) is 9.31 Å². The van der Waals surface area contributed by atoms with Gasteiger partial charge < -0.3 is 13.7 Å². The summed E-state index contributed by atoms with van der Waals surface area (Å²) in [5.41, 5.74) is 2.99. The highest BCUT2D eigenvalue weighted by Crippen LogP contribution is 2.41. The molecule has 0 spiro atoms. The van der Waals surface area contributed by atoms with Gasteiger partial charge in [0.25, 0.3) is 0 Å². The topological polar surface area (TPSA) is 44.5 Å². The average Bonchev–Trinajstić information content (AvgIpc) is 3.39. The van der Waals surface area contributed by atoms with Gasteiger partial charge in [-0.3, -0.25) is 0 Å². The lowest BCUT2D eigenvalue weighted by Crippen LogP contribution is -2.41. The Morgan fingerprint density at radius 1 is 0.839 bits per heavy atom.